The number of nitrogens with one attached hydrogen (secondary N) is 3. The summed E-state index contributed by atoms with van der Waals surface area (Å²) in [6.45, 7) is 6.01. The van der Waals surface area contributed by atoms with Crippen molar-refractivity contribution in [3.63, 3.8) is 0 Å². The van der Waals surface area contributed by atoms with E-state index in [1.807, 2.05) is 84.9 Å². The Morgan fingerprint density at radius 1 is 0.625 bits per heavy atom. The molecule has 0 saturated carbocycles. The summed E-state index contributed by atoms with van der Waals surface area (Å²) in [5.41, 5.74) is 8.10. The normalized spacial score (nSPS) is 12.9. The first kappa shape index (κ1) is 40.7. The van der Waals surface area contributed by atoms with E-state index in [2.05, 4.69) is 28.1 Å². The summed E-state index contributed by atoms with van der Waals surface area (Å²) < 4.78 is 15.9. The number of esters is 1. The van der Waals surface area contributed by atoms with E-state index in [9.17, 15) is 28.8 Å². The van der Waals surface area contributed by atoms with Crippen molar-refractivity contribution in [2.24, 2.45) is 0 Å². The topological polar surface area (TPSA) is 186 Å². The molecule has 13 heteroatoms. The van der Waals surface area contributed by atoms with E-state index < -0.39 is 54.6 Å². The Morgan fingerprint density at radius 2 is 1.04 bits per heavy atom. The molecule has 0 bridgehead atoms. The van der Waals surface area contributed by atoms with Crippen molar-refractivity contribution in [1.29, 1.82) is 0 Å². The minimum atomic E-state index is -1.25. The average Bonchev–Trinajstić information content (AvgIpc) is 3.66. The van der Waals surface area contributed by atoms with Crippen LogP contribution in [0.3, 0.4) is 0 Å². The van der Waals surface area contributed by atoms with E-state index in [4.69, 9.17) is 19.3 Å². The lowest BCUT2D eigenvalue weighted by Gasteiger charge is -2.22. The van der Waals surface area contributed by atoms with Gasteiger partial charge in [-0.1, -0.05) is 97.1 Å². The summed E-state index contributed by atoms with van der Waals surface area (Å²) in [4.78, 5) is 70.6. The SMILES string of the molecule is CC(=O)CNC(=O)C(CC(=O)OC(C)(C)C)NC(=O)OCC1c2ccccc2-c2ccccc21.O=C(O)CNC(=O)OCC1c2ccccc2-c2ccccc21. The van der Waals surface area contributed by atoms with Gasteiger partial charge in [0.25, 0.3) is 0 Å². The van der Waals surface area contributed by atoms with Crippen LogP contribution in [0.15, 0.2) is 97.1 Å². The fourth-order valence-electron chi connectivity index (χ4n) is 6.67. The summed E-state index contributed by atoms with van der Waals surface area (Å²) in [6, 6.07) is 30.7. The Kier molecular flexibility index (Phi) is 13.2. The Labute approximate surface area is 324 Å². The first-order chi connectivity index (χ1) is 26.7. The van der Waals surface area contributed by atoms with Crippen molar-refractivity contribution in [1.82, 2.24) is 16.0 Å². The van der Waals surface area contributed by atoms with Gasteiger partial charge in [0.1, 0.15) is 37.2 Å². The number of rotatable bonds is 12. The maximum atomic E-state index is 12.6. The van der Waals surface area contributed by atoms with E-state index in [0.29, 0.717) is 0 Å². The van der Waals surface area contributed by atoms with Crippen LogP contribution in [0.1, 0.15) is 68.2 Å². The number of ether oxygens (including phenoxy) is 3. The third-order valence-electron chi connectivity index (χ3n) is 8.98. The minimum Gasteiger partial charge on any atom is -0.480 e. The number of Topliss-reactive ketones (excluding diaryl/α,β-unsaturated/α-hetero) is 1. The number of fused-ring (bicyclic) bond motifs is 6. The van der Waals surface area contributed by atoms with Gasteiger partial charge in [-0.05, 0) is 72.2 Å². The Bertz CT molecular complexity index is 2020. The highest BCUT2D eigenvalue weighted by molar-refractivity contribution is 5.92. The number of ketones is 1. The fourth-order valence-corrected chi connectivity index (χ4v) is 6.67. The Morgan fingerprint density at radius 3 is 1.43 bits per heavy atom. The van der Waals surface area contributed by atoms with Crippen molar-refractivity contribution in [3.05, 3.63) is 119 Å². The van der Waals surface area contributed by atoms with Crippen LogP contribution in [0.25, 0.3) is 22.3 Å². The van der Waals surface area contributed by atoms with E-state index in [0.717, 1.165) is 44.5 Å². The predicted molar refractivity (Wildman–Crippen MR) is 207 cm³/mol. The van der Waals surface area contributed by atoms with Crippen LogP contribution in [0.5, 0.6) is 0 Å². The molecule has 2 aliphatic rings. The molecule has 1 unspecified atom stereocenters. The third-order valence-corrected chi connectivity index (χ3v) is 8.98. The van der Waals surface area contributed by atoms with Crippen molar-refractivity contribution < 1.29 is 48.1 Å². The van der Waals surface area contributed by atoms with Crippen LogP contribution in [0.2, 0.25) is 0 Å². The summed E-state index contributed by atoms with van der Waals surface area (Å²) in [5.74, 6) is -2.86. The number of carboxylic acid groups (broad SMARTS) is 1. The molecule has 0 aromatic heterocycles. The molecule has 2 aliphatic carbocycles. The molecule has 4 aromatic carbocycles. The van der Waals surface area contributed by atoms with Gasteiger partial charge in [0.2, 0.25) is 5.91 Å². The minimum absolute atomic E-state index is 0.0250. The zero-order chi connectivity index (χ0) is 40.4. The molecule has 0 aliphatic heterocycles. The second-order valence-electron chi connectivity index (χ2n) is 14.3. The molecule has 4 aromatic rings. The molecular weight excluding hydrogens is 718 g/mol. The fraction of sp³-hybridized carbons (Fsp3) is 0.302. The number of amides is 3. The monoisotopic (exact) mass is 763 g/mol. The smallest absolute Gasteiger partial charge is 0.407 e. The number of hydrogen-bond acceptors (Lipinski definition) is 9. The van der Waals surface area contributed by atoms with Crippen LogP contribution in [0, 0.1) is 0 Å². The largest absolute Gasteiger partial charge is 0.480 e. The summed E-state index contributed by atoms with van der Waals surface area (Å²) >= 11 is 0. The van der Waals surface area contributed by atoms with Crippen LogP contribution in [0.4, 0.5) is 9.59 Å². The van der Waals surface area contributed by atoms with Crippen LogP contribution >= 0.6 is 0 Å². The van der Waals surface area contributed by atoms with Crippen molar-refractivity contribution in [2.75, 3.05) is 26.3 Å². The number of aliphatic carboxylic acids is 1. The lowest BCUT2D eigenvalue weighted by atomic mass is 9.98. The number of carboxylic acids is 1. The van der Waals surface area contributed by atoms with E-state index in [-0.39, 0.29) is 37.4 Å². The van der Waals surface area contributed by atoms with Gasteiger partial charge in [-0.3, -0.25) is 19.2 Å². The van der Waals surface area contributed by atoms with Crippen molar-refractivity contribution >= 4 is 35.8 Å². The van der Waals surface area contributed by atoms with Gasteiger partial charge in [0.05, 0.1) is 13.0 Å². The van der Waals surface area contributed by atoms with Crippen molar-refractivity contribution in [2.45, 2.75) is 57.6 Å². The molecule has 13 nitrogen and oxygen atoms in total. The molecule has 0 saturated heterocycles. The van der Waals surface area contributed by atoms with Gasteiger partial charge >= 0.3 is 24.1 Å². The molecule has 1 atom stereocenters. The highest BCUT2D eigenvalue weighted by Gasteiger charge is 2.32. The lowest BCUT2D eigenvalue weighted by Crippen LogP contribution is -2.49. The maximum absolute atomic E-state index is 12.6. The van der Waals surface area contributed by atoms with Gasteiger partial charge in [0.15, 0.2) is 0 Å². The summed E-state index contributed by atoms with van der Waals surface area (Å²) in [5, 5.41) is 15.6. The Balaban J connectivity index is 0.000000234. The highest BCUT2D eigenvalue weighted by atomic mass is 16.6. The van der Waals surface area contributed by atoms with Gasteiger partial charge in [-0.2, -0.15) is 0 Å². The molecular formula is C43H45N3O10. The molecule has 292 valence electrons. The molecule has 0 heterocycles. The summed E-state index contributed by atoms with van der Waals surface area (Å²) in [7, 11) is 0. The van der Waals surface area contributed by atoms with Gasteiger partial charge < -0.3 is 35.3 Å². The molecule has 0 fully saturated rings. The third kappa shape index (κ3) is 10.6. The first-order valence-electron chi connectivity index (χ1n) is 18.1. The number of benzene rings is 4. The second kappa shape index (κ2) is 18.2. The standard InChI is InChI=1S/C26H30N2O6.C17H15NO4/c1-16(29)14-27-24(31)22(13-23(30)34-26(2,3)4)28-25(32)33-15-21-19-11-7-5-9-17(19)18-10-6-8-12-20(18)21;19-16(20)9-18-17(21)22-10-15-13-7-3-1-5-11(13)12-6-2-4-8-14(12)15/h5-12,21-22H,13-15H2,1-4H3,(H,27,31)(H,28,32);1-8,15H,9-10H2,(H,18,21)(H,19,20). The quantitative estimate of drug-likeness (QED) is 0.0994. The molecule has 6 rings (SSSR count). The Hall–Kier alpha value is -6.50. The average molecular weight is 764 g/mol. The van der Waals surface area contributed by atoms with E-state index >= 15 is 0 Å². The summed E-state index contributed by atoms with van der Waals surface area (Å²) in [6.07, 6.45) is -1.96. The first-order valence-corrected chi connectivity index (χ1v) is 18.1. The molecule has 0 radical (unpaired) electrons. The van der Waals surface area contributed by atoms with Crippen LogP contribution in [-0.4, -0.2) is 78.9 Å². The number of alkyl carbamates (subject to hydrolysis) is 2. The van der Waals surface area contributed by atoms with Gasteiger partial charge in [0, 0.05) is 11.8 Å². The predicted octanol–water partition coefficient (Wildman–Crippen LogP) is 5.94. The number of carbonyl (C=O) groups is 6. The highest BCUT2D eigenvalue weighted by Crippen LogP contribution is 2.45. The zero-order valence-corrected chi connectivity index (χ0v) is 31.6. The maximum Gasteiger partial charge on any atom is 0.407 e. The number of hydrogen-bond donors (Lipinski definition) is 4. The van der Waals surface area contributed by atoms with Crippen LogP contribution in [-0.2, 0) is 33.4 Å². The molecule has 56 heavy (non-hydrogen) atoms. The van der Waals surface area contributed by atoms with Crippen molar-refractivity contribution in [3.8, 4) is 22.3 Å². The zero-order valence-electron chi connectivity index (χ0n) is 31.6. The van der Waals surface area contributed by atoms with Crippen LogP contribution < -0.4 is 16.0 Å². The van der Waals surface area contributed by atoms with Gasteiger partial charge in [-0.15, -0.1) is 0 Å². The lowest BCUT2D eigenvalue weighted by molar-refractivity contribution is -0.156. The van der Waals surface area contributed by atoms with E-state index in [1.54, 1.807) is 20.8 Å². The van der Waals surface area contributed by atoms with Gasteiger partial charge in [-0.25, -0.2) is 9.59 Å². The second-order valence-corrected chi connectivity index (χ2v) is 14.3. The molecule has 4 N–H and O–H groups in total. The molecule has 3 amide bonds. The van der Waals surface area contributed by atoms with E-state index in [1.165, 1.54) is 6.92 Å². The number of carbonyl (C=O) groups excluding carboxylic acids is 5. The molecule has 0 spiro atoms.